The Bertz CT molecular complexity index is 474. The van der Waals surface area contributed by atoms with Crippen molar-refractivity contribution in [1.29, 1.82) is 0 Å². The Kier molecular flexibility index (Phi) is 3.53. The Morgan fingerprint density at radius 1 is 1.42 bits per heavy atom. The van der Waals surface area contributed by atoms with Gasteiger partial charge in [-0.2, -0.15) is 0 Å². The maximum absolute atomic E-state index is 12.2. The van der Waals surface area contributed by atoms with E-state index in [2.05, 4.69) is 6.07 Å². The minimum Gasteiger partial charge on any atom is -0.391 e. The Morgan fingerprint density at radius 3 is 3.05 bits per heavy atom. The number of carbonyl (C=O) groups is 1. The fourth-order valence-electron chi connectivity index (χ4n) is 2.90. The fraction of sp³-hybridized carbons (Fsp3) is 0.533. The number of rotatable bonds is 2. The van der Waals surface area contributed by atoms with E-state index in [1.807, 2.05) is 18.2 Å². The highest BCUT2D eigenvalue weighted by atomic mass is 16.5. The maximum Gasteiger partial charge on any atom is 0.225 e. The van der Waals surface area contributed by atoms with Gasteiger partial charge in [0.2, 0.25) is 5.91 Å². The van der Waals surface area contributed by atoms with Gasteiger partial charge >= 0.3 is 0 Å². The Hall–Kier alpha value is -1.39. The molecule has 2 aliphatic rings. The number of ether oxygens (including phenoxy) is 1. The van der Waals surface area contributed by atoms with Gasteiger partial charge in [-0.3, -0.25) is 4.79 Å². The van der Waals surface area contributed by atoms with E-state index in [4.69, 9.17) is 4.74 Å². The van der Waals surface area contributed by atoms with Crippen molar-refractivity contribution in [2.75, 3.05) is 19.7 Å². The van der Waals surface area contributed by atoms with Crippen LogP contribution in [0.4, 0.5) is 0 Å². The molecule has 1 unspecified atom stereocenters. The van der Waals surface area contributed by atoms with Crippen LogP contribution in [0.2, 0.25) is 0 Å². The SMILES string of the molecule is O=C(CC1OCCc2ccccc21)N1CC[C@@H](O)C1. The predicted octanol–water partition coefficient (Wildman–Crippen LogP) is 1.28. The Balaban J connectivity index is 1.69. The summed E-state index contributed by atoms with van der Waals surface area (Å²) in [6.45, 7) is 1.80. The van der Waals surface area contributed by atoms with E-state index in [0.717, 1.165) is 12.0 Å². The number of aliphatic hydroxyl groups excluding tert-OH is 1. The van der Waals surface area contributed by atoms with Gasteiger partial charge in [0.1, 0.15) is 0 Å². The highest BCUT2D eigenvalue weighted by molar-refractivity contribution is 5.77. The maximum atomic E-state index is 12.2. The molecule has 1 aromatic rings. The van der Waals surface area contributed by atoms with Crippen molar-refractivity contribution in [2.24, 2.45) is 0 Å². The molecule has 2 atom stereocenters. The molecule has 0 spiro atoms. The Labute approximate surface area is 113 Å². The molecule has 0 aliphatic carbocycles. The van der Waals surface area contributed by atoms with Crippen LogP contribution in [0, 0.1) is 0 Å². The topological polar surface area (TPSA) is 49.8 Å². The van der Waals surface area contributed by atoms with Crippen LogP contribution in [0.3, 0.4) is 0 Å². The lowest BCUT2D eigenvalue weighted by molar-refractivity contribution is -0.134. The molecule has 0 aromatic heterocycles. The molecule has 0 saturated carbocycles. The van der Waals surface area contributed by atoms with Crippen molar-refractivity contribution in [3.8, 4) is 0 Å². The number of aliphatic hydroxyl groups is 1. The van der Waals surface area contributed by atoms with Gasteiger partial charge in [-0.05, 0) is 24.0 Å². The van der Waals surface area contributed by atoms with Gasteiger partial charge in [0.15, 0.2) is 0 Å². The number of fused-ring (bicyclic) bond motifs is 1. The van der Waals surface area contributed by atoms with E-state index in [0.29, 0.717) is 32.5 Å². The van der Waals surface area contributed by atoms with Gasteiger partial charge in [-0.25, -0.2) is 0 Å². The van der Waals surface area contributed by atoms with Crippen molar-refractivity contribution >= 4 is 5.91 Å². The first-order chi connectivity index (χ1) is 9.24. The lowest BCUT2D eigenvalue weighted by Gasteiger charge is -2.27. The first-order valence-electron chi connectivity index (χ1n) is 6.89. The monoisotopic (exact) mass is 261 g/mol. The smallest absolute Gasteiger partial charge is 0.225 e. The summed E-state index contributed by atoms with van der Waals surface area (Å²) >= 11 is 0. The zero-order valence-electron chi connectivity index (χ0n) is 10.9. The van der Waals surface area contributed by atoms with E-state index in [9.17, 15) is 9.90 Å². The van der Waals surface area contributed by atoms with E-state index >= 15 is 0 Å². The molecule has 1 fully saturated rings. The minimum atomic E-state index is -0.358. The van der Waals surface area contributed by atoms with Crippen molar-refractivity contribution in [2.45, 2.75) is 31.5 Å². The summed E-state index contributed by atoms with van der Waals surface area (Å²) in [5.74, 6) is 0.0817. The second-order valence-electron chi connectivity index (χ2n) is 5.29. The number of hydrogen-bond donors (Lipinski definition) is 1. The molecule has 1 saturated heterocycles. The largest absolute Gasteiger partial charge is 0.391 e. The molecule has 0 bridgehead atoms. The van der Waals surface area contributed by atoms with E-state index in [1.165, 1.54) is 5.56 Å². The van der Waals surface area contributed by atoms with Crippen LogP contribution in [-0.2, 0) is 16.0 Å². The summed E-state index contributed by atoms with van der Waals surface area (Å²) in [5, 5.41) is 9.49. The van der Waals surface area contributed by atoms with Gasteiger partial charge in [-0.15, -0.1) is 0 Å². The second kappa shape index (κ2) is 5.31. The van der Waals surface area contributed by atoms with Crippen LogP contribution >= 0.6 is 0 Å². The zero-order chi connectivity index (χ0) is 13.2. The Morgan fingerprint density at radius 2 is 2.26 bits per heavy atom. The lowest BCUT2D eigenvalue weighted by Crippen LogP contribution is -2.32. The van der Waals surface area contributed by atoms with Gasteiger partial charge in [-0.1, -0.05) is 24.3 Å². The van der Waals surface area contributed by atoms with Crippen molar-refractivity contribution in [1.82, 2.24) is 4.90 Å². The minimum absolute atomic E-state index is 0.0817. The number of likely N-dealkylation sites (tertiary alicyclic amines) is 1. The summed E-state index contributed by atoms with van der Waals surface area (Å²) in [6.07, 6.45) is 1.50. The molecule has 3 rings (SSSR count). The number of carbonyl (C=O) groups excluding carboxylic acids is 1. The predicted molar refractivity (Wildman–Crippen MR) is 70.7 cm³/mol. The highest BCUT2D eigenvalue weighted by Crippen LogP contribution is 2.30. The summed E-state index contributed by atoms with van der Waals surface area (Å²) in [5.41, 5.74) is 2.43. The van der Waals surface area contributed by atoms with E-state index < -0.39 is 0 Å². The third-order valence-corrected chi connectivity index (χ3v) is 3.97. The summed E-state index contributed by atoms with van der Waals surface area (Å²) in [6, 6.07) is 8.17. The summed E-state index contributed by atoms with van der Waals surface area (Å²) < 4.78 is 5.75. The van der Waals surface area contributed by atoms with Crippen molar-refractivity contribution in [3.05, 3.63) is 35.4 Å². The van der Waals surface area contributed by atoms with Crippen molar-refractivity contribution in [3.63, 3.8) is 0 Å². The molecule has 2 heterocycles. The highest BCUT2D eigenvalue weighted by Gasteiger charge is 2.29. The average molecular weight is 261 g/mol. The number of nitrogens with zero attached hydrogens (tertiary/aromatic N) is 1. The molecular formula is C15H19NO3. The summed E-state index contributed by atoms with van der Waals surface area (Å²) in [4.78, 5) is 13.9. The third-order valence-electron chi connectivity index (χ3n) is 3.97. The summed E-state index contributed by atoms with van der Waals surface area (Å²) in [7, 11) is 0. The van der Waals surface area contributed by atoms with Gasteiger partial charge in [0.05, 0.1) is 25.2 Å². The van der Waals surface area contributed by atoms with Crippen LogP contribution in [0.5, 0.6) is 0 Å². The number of hydrogen-bond acceptors (Lipinski definition) is 3. The fourth-order valence-corrected chi connectivity index (χ4v) is 2.90. The first kappa shape index (κ1) is 12.6. The van der Waals surface area contributed by atoms with E-state index in [-0.39, 0.29) is 18.1 Å². The van der Waals surface area contributed by atoms with Crippen LogP contribution in [0.25, 0.3) is 0 Å². The normalized spacial score (nSPS) is 26.3. The molecule has 1 aromatic carbocycles. The zero-order valence-corrected chi connectivity index (χ0v) is 10.9. The van der Waals surface area contributed by atoms with Gasteiger partial charge < -0.3 is 14.7 Å². The van der Waals surface area contributed by atoms with E-state index in [1.54, 1.807) is 4.90 Å². The standard InChI is InChI=1S/C15H19NO3/c17-12-5-7-16(10-12)15(18)9-14-13-4-2-1-3-11(13)6-8-19-14/h1-4,12,14,17H,5-10H2/t12-,14?/m1/s1. The molecule has 4 nitrogen and oxygen atoms in total. The van der Waals surface area contributed by atoms with Crippen LogP contribution < -0.4 is 0 Å². The van der Waals surface area contributed by atoms with Gasteiger partial charge in [0.25, 0.3) is 0 Å². The molecule has 4 heteroatoms. The number of β-amino-alcohol motifs (C(OH)–C–C–N with tert-alkyl or cyclic N) is 1. The number of amides is 1. The molecule has 102 valence electrons. The third kappa shape index (κ3) is 2.65. The lowest BCUT2D eigenvalue weighted by atomic mass is 9.95. The molecule has 1 N–H and O–H groups in total. The average Bonchev–Trinajstić information content (AvgIpc) is 2.86. The van der Waals surface area contributed by atoms with Crippen LogP contribution in [0.1, 0.15) is 30.1 Å². The van der Waals surface area contributed by atoms with Crippen molar-refractivity contribution < 1.29 is 14.6 Å². The molecule has 2 aliphatic heterocycles. The van der Waals surface area contributed by atoms with Crippen LogP contribution in [0.15, 0.2) is 24.3 Å². The molecular weight excluding hydrogens is 242 g/mol. The number of benzene rings is 1. The second-order valence-corrected chi connectivity index (χ2v) is 5.29. The molecule has 1 amide bonds. The van der Waals surface area contributed by atoms with Gasteiger partial charge in [0, 0.05) is 13.1 Å². The first-order valence-corrected chi connectivity index (χ1v) is 6.89. The molecule has 19 heavy (non-hydrogen) atoms. The quantitative estimate of drug-likeness (QED) is 0.872. The molecule has 0 radical (unpaired) electrons. The van der Waals surface area contributed by atoms with Crippen LogP contribution in [-0.4, -0.2) is 41.7 Å².